The fraction of sp³-hybridized carbons (Fsp3) is 0.767. The number of carboxylic acid groups (broad SMARTS) is 4. The van der Waals surface area contributed by atoms with Gasteiger partial charge in [-0.05, 0) is 79.4 Å². The van der Waals surface area contributed by atoms with Gasteiger partial charge in [0.2, 0.25) is 0 Å². The predicted molar refractivity (Wildman–Crippen MR) is 207 cm³/mol. The smallest absolute Gasteiger partial charge is 0.335 e. The van der Waals surface area contributed by atoms with Crippen LogP contribution in [0.4, 0.5) is 0 Å². The molecule has 326 valence electrons. The van der Waals surface area contributed by atoms with Crippen LogP contribution in [0.25, 0.3) is 0 Å². The number of esters is 2. The van der Waals surface area contributed by atoms with Crippen molar-refractivity contribution in [3.63, 3.8) is 0 Å². The van der Waals surface area contributed by atoms with Gasteiger partial charge < -0.3 is 44.5 Å². The van der Waals surface area contributed by atoms with Crippen molar-refractivity contribution in [3.05, 3.63) is 24.3 Å². The molecular weight excluding hydrogens is 756 g/mol. The Bertz CT molecular complexity index is 1610. The molecule has 0 unspecified atom stereocenters. The van der Waals surface area contributed by atoms with Crippen LogP contribution in [0.3, 0.4) is 0 Å². The molecule has 12 atom stereocenters. The average molecular weight is 821 g/mol. The summed E-state index contributed by atoms with van der Waals surface area (Å²) in [5, 5.41) is 49.1. The van der Waals surface area contributed by atoms with Crippen molar-refractivity contribution < 1.29 is 73.2 Å². The van der Waals surface area contributed by atoms with E-state index in [1.807, 2.05) is 13.8 Å². The Balaban J connectivity index is 1.54. The van der Waals surface area contributed by atoms with Crippen LogP contribution >= 0.6 is 0 Å². The van der Waals surface area contributed by atoms with Crippen LogP contribution < -0.4 is 0 Å². The zero-order chi connectivity index (χ0) is 43.4. The number of carboxylic acids is 4. The van der Waals surface area contributed by atoms with Crippen molar-refractivity contribution in [2.75, 3.05) is 33.5 Å². The maximum atomic E-state index is 14.1. The molecule has 0 aliphatic heterocycles. The molecule has 0 saturated heterocycles. The Morgan fingerprint density at radius 1 is 0.672 bits per heavy atom. The summed E-state index contributed by atoms with van der Waals surface area (Å²) < 4.78 is 23.1. The molecule has 4 rings (SSSR count). The van der Waals surface area contributed by atoms with Gasteiger partial charge in [-0.2, -0.15) is 0 Å². The largest absolute Gasteiger partial charge is 0.481 e. The summed E-state index contributed by atoms with van der Waals surface area (Å²) in [5.74, 6) is -11.8. The number of ether oxygens (including phenoxy) is 4. The van der Waals surface area contributed by atoms with E-state index in [9.17, 15) is 54.3 Å². The number of hydrogen-bond acceptors (Lipinski definition) is 11. The molecule has 0 aromatic carbocycles. The highest BCUT2D eigenvalue weighted by Gasteiger charge is 2.57. The van der Waals surface area contributed by atoms with E-state index >= 15 is 0 Å². The lowest BCUT2D eigenvalue weighted by Crippen LogP contribution is -2.54. The van der Waals surface area contributed by atoms with Gasteiger partial charge in [0.05, 0.1) is 39.8 Å². The van der Waals surface area contributed by atoms with E-state index in [-0.39, 0.29) is 55.0 Å². The first-order chi connectivity index (χ1) is 27.1. The van der Waals surface area contributed by atoms with Gasteiger partial charge in [0.1, 0.15) is 11.8 Å². The van der Waals surface area contributed by atoms with Crippen LogP contribution in [0.1, 0.15) is 105 Å². The third-order valence-electron chi connectivity index (χ3n) is 14.9. The van der Waals surface area contributed by atoms with E-state index in [1.54, 1.807) is 0 Å². The van der Waals surface area contributed by atoms with E-state index in [4.69, 9.17) is 18.9 Å². The summed E-state index contributed by atoms with van der Waals surface area (Å²) in [7, 11) is 1.14. The molecule has 0 radical (unpaired) electrons. The van der Waals surface area contributed by atoms with Gasteiger partial charge in [0, 0.05) is 23.9 Å². The zero-order valence-electron chi connectivity index (χ0n) is 34.7. The van der Waals surface area contributed by atoms with E-state index in [0.29, 0.717) is 38.5 Å². The van der Waals surface area contributed by atoms with Gasteiger partial charge in [-0.25, -0.2) is 9.59 Å². The highest BCUT2D eigenvalue weighted by atomic mass is 16.6. The van der Waals surface area contributed by atoms with Crippen LogP contribution in [0.5, 0.6) is 0 Å². The second-order valence-electron chi connectivity index (χ2n) is 18.5. The molecule has 58 heavy (non-hydrogen) atoms. The summed E-state index contributed by atoms with van der Waals surface area (Å²) in [6.07, 6.45) is 2.16. The highest BCUT2D eigenvalue weighted by molar-refractivity contribution is 5.87. The first-order valence-corrected chi connectivity index (χ1v) is 20.4. The molecule has 4 saturated carbocycles. The van der Waals surface area contributed by atoms with Gasteiger partial charge in [0.25, 0.3) is 0 Å². The van der Waals surface area contributed by atoms with Crippen molar-refractivity contribution in [1.29, 1.82) is 0 Å². The minimum absolute atomic E-state index is 0.00570. The number of hydrogen-bond donors (Lipinski definition) is 5. The minimum atomic E-state index is -1.92. The fourth-order valence-corrected chi connectivity index (χ4v) is 11.7. The molecule has 15 nitrogen and oxygen atoms in total. The van der Waals surface area contributed by atoms with Gasteiger partial charge in [-0.15, -0.1) is 0 Å². The van der Waals surface area contributed by atoms with E-state index in [0.717, 1.165) is 43.9 Å². The third kappa shape index (κ3) is 9.62. The van der Waals surface area contributed by atoms with Crippen LogP contribution in [0.15, 0.2) is 24.3 Å². The quantitative estimate of drug-likeness (QED) is 0.0813. The molecule has 0 spiro atoms. The molecule has 0 heterocycles. The molecule has 0 amide bonds. The Morgan fingerprint density at radius 3 is 1.59 bits per heavy atom. The minimum Gasteiger partial charge on any atom is -0.481 e. The first-order valence-electron chi connectivity index (χ1n) is 20.4. The van der Waals surface area contributed by atoms with Gasteiger partial charge in [0.15, 0.2) is 12.2 Å². The normalized spacial score (nSPS) is 34.3. The molecule has 0 bridgehead atoms. The Hall–Kier alpha value is -3.82. The van der Waals surface area contributed by atoms with E-state index in [2.05, 4.69) is 27.0 Å². The predicted octanol–water partition coefficient (Wildman–Crippen LogP) is 5.37. The zero-order valence-corrected chi connectivity index (χ0v) is 34.7. The monoisotopic (exact) mass is 820 g/mol. The van der Waals surface area contributed by atoms with E-state index < -0.39 is 89.4 Å². The molecule has 0 aromatic rings. The van der Waals surface area contributed by atoms with Gasteiger partial charge in [-0.3, -0.25) is 19.2 Å². The number of rotatable bonds is 19. The second-order valence-corrected chi connectivity index (χ2v) is 18.5. The van der Waals surface area contributed by atoms with Crippen molar-refractivity contribution in [2.24, 2.45) is 57.2 Å². The molecule has 4 aliphatic carbocycles. The van der Waals surface area contributed by atoms with Crippen molar-refractivity contribution >= 4 is 35.8 Å². The van der Waals surface area contributed by atoms with Crippen molar-refractivity contribution in [1.82, 2.24) is 0 Å². The lowest BCUT2D eigenvalue weighted by atomic mass is 9.47. The number of methoxy groups -OCH3 is 1. The summed E-state index contributed by atoms with van der Waals surface area (Å²) >= 11 is 0. The Labute approximate surface area is 340 Å². The lowest BCUT2D eigenvalue weighted by molar-refractivity contribution is -0.181. The summed E-state index contributed by atoms with van der Waals surface area (Å²) in [6.45, 7) is 16.5. The van der Waals surface area contributed by atoms with Crippen molar-refractivity contribution in [3.8, 4) is 0 Å². The standard InChI is InChI=1S/C43H64O15/c1-24-10-12-30-40(3,22-44)14-8-16-42(30,5)29(24)21-57-35(39(54)55-7)27(19-33(47)48)38(53)58-23-41(4)15-9-17-43(6)28(25(2)11-13-31(41)43)20-56-34(37(51)52)26(36(49)50)18-32(45)46/h26-31,34-35,44H,1-2,8-23H2,3-7H3,(H,45,46)(H,47,48)(H,49,50)(H,51,52)/t26-,27-,28-,29-,30-,31-,34+,35+,40-,41-,42+,43+/m0/s1. The average Bonchev–Trinajstić information content (AvgIpc) is 3.14. The summed E-state index contributed by atoms with van der Waals surface area (Å²) in [6, 6.07) is 0. The van der Waals surface area contributed by atoms with Crippen LogP contribution in [0.2, 0.25) is 0 Å². The number of aliphatic hydroxyl groups excluding tert-OH is 1. The number of carbonyl (C=O) groups is 6. The topological polar surface area (TPSA) is 240 Å². The maximum Gasteiger partial charge on any atom is 0.335 e. The Kier molecular flexibility index (Phi) is 15.0. The molecule has 4 aliphatic rings. The fourth-order valence-electron chi connectivity index (χ4n) is 11.7. The maximum absolute atomic E-state index is 14.1. The summed E-state index contributed by atoms with van der Waals surface area (Å²) in [4.78, 5) is 75.0. The molecule has 5 N–H and O–H groups in total. The van der Waals surface area contributed by atoms with Gasteiger partial charge in [-0.1, -0.05) is 64.8 Å². The number of aliphatic carboxylic acids is 4. The van der Waals surface area contributed by atoms with Crippen molar-refractivity contribution in [2.45, 2.75) is 117 Å². The molecule has 4 fully saturated rings. The number of fused-ring (bicyclic) bond motifs is 2. The van der Waals surface area contributed by atoms with Gasteiger partial charge >= 0.3 is 35.8 Å². The number of carbonyl (C=O) groups excluding carboxylic acids is 2. The third-order valence-corrected chi connectivity index (χ3v) is 14.9. The molecule has 15 heteroatoms. The molecule has 0 aromatic heterocycles. The van der Waals surface area contributed by atoms with Crippen LogP contribution in [-0.2, 0) is 47.7 Å². The summed E-state index contributed by atoms with van der Waals surface area (Å²) in [5.41, 5.74) is -0.100. The first kappa shape index (κ1) is 46.9. The Morgan fingerprint density at radius 2 is 1.14 bits per heavy atom. The second kappa shape index (κ2) is 18.6. The SMILES string of the molecule is C=C1CC[C@H]2[C@](C)(COC(=O)[C@@H](CC(=O)O)[C@@H](OC[C@H]3C(=C)CC[C@H]4[C@](C)(CO)CCC[C@]34C)C(=O)OC)CCC[C@]2(C)[C@H]1CO[C@@H](C(=O)O)[C@H](CC(=O)O)C(=O)O. The highest BCUT2D eigenvalue weighted by Crippen LogP contribution is 2.62. The van der Waals surface area contributed by atoms with Crippen LogP contribution in [-0.4, -0.2) is 107 Å². The lowest BCUT2D eigenvalue weighted by Gasteiger charge is -2.58. The van der Waals surface area contributed by atoms with Crippen LogP contribution in [0, 0.1) is 57.2 Å². The van der Waals surface area contributed by atoms with E-state index in [1.165, 1.54) is 0 Å². The molecular formula is C43H64O15. The number of aliphatic hydroxyl groups is 1.